The Labute approximate surface area is 213 Å². The van der Waals surface area contributed by atoms with Crippen LogP contribution in [0.25, 0.3) is 0 Å². The van der Waals surface area contributed by atoms with Crippen LogP contribution in [0.15, 0.2) is 42.5 Å². The second-order valence-corrected chi connectivity index (χ2v) is 9.34. The molecule has 0 bridgehead atoms. The molecule has 0 saturated carbocycles. The SMILES string of the molecule is CCCC[C@H]1C(=O)N(Cc2ccc(F)cc2F)CC2N1C(=O)CN(C)N2C(=O)NCc1ccc(F)cc1. The van der Waals surface area contributed by atoms with E-state index in [2.05, 4.69) is 5.32 Å². The maximum absolute atomic E-state index is 14.4. The van der Waals surface area contributed by atoms with Crippen LogP contribution in [-0.2, 0) is 22.7 Å². The standard InChI is InChI=1S/C26H30F3N5O3/c1-3-4-5-22-25(36)32(14-18-8-11-20(28)12-21(18)29)15-23-33(22)24(35)16-31(2)34(23)26(37)30-13-17-6-9-19(27)10-7-17/h6-12,22-23H,3-5,13-16H2,1-2H3,(H,30,37)/t22-,23?/m0/s1. The third-order valence-corrected chi connectivity index (χ3v) is 6.71. The topological polar surface area (TPSA) is 76.2 Å². The summed E-state index contributed by atoms with van der Waals surface area (Å²) in [7, 11) is 1.61. The highest BCUT2D eigenvalue weighted by atomic mass is 19.1. The molecule has 2 atom stereocenters. The fourth-order valence-electron chi connectivity index (χ4n) is 4.84. The van der Waals surface area contributed by atoms with Crippen molar-refractivity contribution in [2.45, 2.75) is 51.5 Å². The van der Waals surface area contributed by atoms with Crippen molar-refractivity contribution in [2.24, 2.45) is 0 Å². The summed E-state index contributed by atoms with van der Waals surface area (Å²) in [5.41, 5.74) is 0.829. The Bertz CT molecular complexity index is 1160. The van der Waals surface area contributed by atoms with Gasteiger partial charge in [-0.3, -0.25) is 9.59 Å². The van der Waals surface area contributed by atoms with Crippen LogP contribution < -0.4 is 5.32 Å². The summed E-state index contributed by atoms with van der Waals surface area (Å²) in [6, 6.07) is 7.59. The largest absolute Gasteiger partial charge is 0.334 e. The number of nitrogens with zero attached hydrogens (tertiary/aromatic N) is 4. The molecule has 1 unspecified atom stereocenters. The molecule has 4 amide bonds. The van der Waals surface area contributed by atoms with E-state index in [4.69, 9.17) is 0 Å². The molecule has 2 aliphatic heterocycles. The quantitative estimate of drug-likeness (QED) is 0.612. The fourth-order valence-corrected chi connectivity index (χ4v) is 4.84. The minimum Gasteiger partial charge on any atom is -0.333 e. The van der Waals surface area contributed by atoms with Gasteiger partial charge in [0.1, 0.15) is 29.7 Å². The third-order valence-electron chi connectivity index (χ3n) is 6.71. The van der Waals surface area contributed by atoms with Crippen molar-refractivity contribution in [1.82, 2.24) is 25.1 Å². The van der Waals surface area contributed by atoms with Crippen LogP contribution in [-0.4, -0.2) is 70.0 Å². The number of halogens is 3. The van der Waals surface area contributed by atoms with E-state index in [1.54, 1.807) is 19.2 Å². The molecule has 2 aromatic carbocycles. The lowest BCUT2D eigenvalue weighted by Crippen LogP contribution is -2.75. The summed E-state index contributed by atoms with van der Waals surface area (Å²) in [4.78, 5) is 42.8. The fraction of sp³-hybridized carbons (Fsp3) is 0.423. The van der Waals surface area contributed by atoms with Gasteiger partial charge in [0.25, 0.3) is 0 Å². The average Bonchev–Trinajstić information content (AvgIpc) is 2.85. The van der Waals surface area contributed by atoms with Gasteiger partial charge in [-0.2, -0.15) is 0 Å². The Hall–Kier alpha value is -3.60. The molecular weight excluding hydrogens is 487 g/mol. The highest BCUT2D eigenvalue weighted by Crippen LogP contribution is 2.29. The number of hydrogen-bond donors (Lipinski definition) is 1. The number of piperazine rings is 1. The first-order valence-corrected chi connectivity index (χ1v) is 12.3. The molecule has 2 aliphatic rings. The Balaban J connectivity index is 1.60. The maximum Gasteiger partial charge on any atom is 0.334 e. The number of unbranched alkanes of at least 4 members (excludes halogenated alkanes) is 1. The number of carbonyl (C=O) groups is 3. The first-order valence-electron chi connectivity index (χ1n) is 12.3. The monoisotopic (exact) mass is 517 g/mol. The number of hydrazine groups is 1. The van der Waals surface area contributed by atoms with Gasteiger partial charge in [-0.1, -0.05) is 38.0 Å². The van der Waals surface area contributed by atoms with Gasteiger partial charge in [-0.15, -0.1) is 0 Å². The van der Waals surface area contributed by atoms with E-state index in [9.17, 15) is 27.6 Å². The Morgan fingerprint density at radius 3 is 2.43 bits per heavy atom. The van der Waals surface area contributed by atoms with Crippen molar-refractivity contribution in [3.63, 3.8) is 0 Å². The molecular formula is C26H30F3N5O3. The van der Waals surface area contributed by atoms with Gasteiger partial charge in [0.15, 0.2) is 0 Å². The van der Waals surface area contributed by atoms with E-state index in [0.717, 1.165) is 18.6 Å². The molecule has 37 heavy (non-hydrogen) atoms. The van der Waals surface area contributed by atoms with Crippen LogP contribution in [0.5, 0.6) is 0 Å². The second kappa shape index (κ2) is 11.2. The van der Waals surface area contributed by atoms with Crippen molar-refractivity contribution >= 4 is 17.8 Å². The smallest absolute Gasteiger partial charge is 0.333 e. The van der Waals surface area contributed by atoms with E-state index in [-0.39, 0.29) is 49.4 Å². The molecule has 198 valence electrons. The molecule has 2 heterocycles. The first-order chi connectivity index (χ1) is 17.7. The summed E-state index contributed by atoms with van der Waals surface area (Å²) in [5, 5.41) is 5.68. The zero-order valence-corrected chi connectivity index (χ0v) is 20.8. The lowest BCUT2D eigenvalue weighted by molar-refractivity contribution is -0.188. The van der Waals surface area contributed by atoms with Crippen molar-refractivity contribution in [2.75, 3.05) is 20.1 Å². The number of urea groups is 1. The van der Waals surface area contributed by atoms with Crippen LogP contribution in [0.3, 0.4) is 0 Å². The molecule has 11 heteroatoms. The lowest BCUT2D eigenvalue weighted by atomic mass is 10.0. The molecule has 8 nitrogen and oxygen atoms in total. The molecule has 2 aromatic rings. The Kier molecular flexibility index (Phi) is 8.01. The zero-order chi connectivity index (χ0) is 26.7. The van der Waals surface area contributed by atoms with E-state index in [1.165, 1.54) is 38.0 Å². The number of nitrogens with one attached hydrogen (secondary N) is 1. The van der Waals surface area contributed by atoms with Crippen molar-refractivity contribution in [3.05, 3.63) is 71.0 Å². The molecule has 1 N–H and O–H groups in total. The van der Waals surface area contributed by atoms with E-state index < -0.39 is 29.9 Å². The van der Waals surface area contributed by atoms with Gasteiger partial charge in [0.2, 0.25) is 11.8 Å². The van der Waals surface area contributed by atoms with Crippen LogP contribution in [0.4, 0.5) is 18.0 Å². The summed E-state index contributed by atoms with van der Waals surface area (Å²) in [6.45, 7) is 1.84. The highest BCUT2D eigenvalue weighted by Gasteiger charge is 2.50. The highest BCUT2D eigenvalue weighted by molar-refractivity contribution is 5.91. The maximum atomic E-state index is 14.4. The predicted octanol–water partition coefficient (Wildman–Crippen LogP) is 3.23. The number of benzene rings is 2. The molecule has 0 aromatic heterocycles. The lowest BCUT2D eigenvalue weighted by Gasteiger charge is -2.54. The van der Waals surface area contributed by atoms with Crippen LogP contribution in [0.2, 0.25) is 0 Å². The van der Waals surface area contributed by atoms with Crippen LogP contribution in [0, 0.1) is 17.5 Å². The van der Waals surface area contributed by atoms with Crippen molar-refractivity contribution in [3.8, 4) is 0 Å². The van der Waals surface area contributed by atoms with Crippen molar-refractivity contribution in [1.29, 1.82) is 0 Å². The molecule has 0 spiro atoms. The normalized spacial score (nSPS) is 20.3. The van der Waals surface area contributed by atoms with Gasteiger partial charge in [-0.05, 0) is 30.2 Å². The van der Waals surface area contributed by atoms with E-state index in [0.29, 0.717) is 18.4 Å². The Morgan fingerprint density at radius 1 is 1.05 bits per heavy atom. The van der Waals surface area contributed by atoms with Gasteiger partial charge in [-0.25, -0.2) is 28.0 Å². The molecule has 0 radical (unpaired) electrons. The number of fused-ring (bicyclic) bond motifs is 1. The van der Waals surface area contributed by atoms with Crippen LogP contribution in [0.1, 0.15) is 37.3 Å². The number of rotatable bonds is 7. The number of hydrogen-bond acceptors (Lipinski definition) is 4. The molecule has 2 fully saturated rings. The van der Waals surface area contributed by atoms with Crippen molar-refractivity contribution < 1.29 is 27.6 Å². The summed E-state index contributed by atoms with van der Waals surface area (Å²) in [5.74, 6) is -2.49. The summed E-state index contributed by atoms with van der Waals surface area (Å²) in [6.07, 6.45) is 1.06. The molecule has 0 aliphatic carbocycles. The number of amides is 4. The Morgan fingerprint density at radius 2 is 1.76 bits per heavy atom. The minimum atomic E-state index is -0.817. The predicted molar refractivity (Wildman–Crippen MR) is 129 cm³/mol. The minimum absolute atomic E-state index is 0.0433. The van der Waals surface area contributed by atoms with E-state index in [1.807, 2.05) is 6.92 Å². The zero-order valence-electron chi connectivity index (χ0n) is 20.8. The molecule has 4 rings (SSSR count). The number of carbonyl (C=O) groups excluding carboxylic acids is 3. The van der Waals surface area contributed by atoms with Gasteiger partial charge in [0.05, 0.1) is 13.1 Å². The average molecular weight is 518 g/mol. The number of likely N-dealkylation sites (N-methyl/N-ethyl adjacent to an activating group) is 1. The van der Waals surface area contributed by atoms with Crippen LogP contribution >= 0.6 is 0 Å². The first kappa shape index (κ1) is 26.5. The van der Waals surface area contributed by atoms with Gasteiger partial charge in [0, 0.05) is 31.8 Å². The summed E-state index contributed by atoms with van der Waals surface area (Å²) >= 11 is 0. The van der Waals surface area contributed by atoms with E-state index >= 15 is 0 Å². The second-order valence-electron chi connectivity index (χ2n) is 9.34. The van der Waals surface area contributed by atoms with Gasteiger partial charge >= 0.3 is 6.03 Å². The summed E-state index contributed by atoms with van der Waals surface area (Å²) < 4.78 is 41.1. The molecule has 2 saturated heterocycles. The van der Waals surface area contributed by atoms with Gasteiger partial charge < -0.3 is 15.1 Å². The third kappa shape index (κ3) is 5.71.